The molecule has 1 atom stereocenters. The molecule has 5 N–H and O–H groups in total. The Labute approximate surface area is 233 Å². The number of nitrogens with two attached hydrogens (primary N) is 1. The zero-order valence-electron chi connectivity index (χ0n) is 20.4. The maximum Gasteiger partial charge on any atom is 0.320 e. The summed E-state index contributed by atoms with van der Waals surface area (Å²) in [5.74, 6) is -1.78. The molecule has 2 aliphatic heterocycles. The fraction of sp³-hybridized carbons (Fsp3) is 0.308. The Morgan fingerprint density at radius 2 is 1.76 bits per heavy atom. The third kappa shape index (κ3) is 5.99. The van der Waals surface area contributed by atoms with Crippen LogP contribution in [-0.2, 0) is 21.2 Å². The largest absolute Gasteiger partial charge is 0.490 e. The molecule has 3 aromatic rings. The Morgan fingerprint density at radius 3 is 2.45 bits per heavy atom. The average Bonchev–Trinajstić information content (AvgIpc) is 3.23. The molecule has 0 spiro atoms. The number of carboxylic acid groups (broad SMARTS) is 1. The van der Waals surface area contributed by atoms with Crippen molar-refractivity contribution in [3.8, 4) is 5.75 Å². The van der Waals surface area contributed by atoms with Gasteiger partial charge in [-0.3, -0.25) is 14.5 Å². The fourth-order valence-electron chi connectivity index (χ4n) is 5.04. The number of hydrogen-bond donors (Lipinski definition) is 4. The van der Waals surface area contributed by atoms with E-state index in [4.69, 9.17) is 15.9 Å². The molecule has 0 radical (unpaired) electrons. The van der Waals surface area contributed by atoms with Gasteiger partial charge in [0.2, 0.25) is 10.0 Å². The minimum Gasteiger partial charge on any atom is -0.490 e. The van der Waals surface area contributed by atoms with E-state index in [-0.39, 0.29) is 36.8 Å². The van der Waals surface area contributed by atoms with E-state index < -0.39 is 27.8 Å². The van der Waals surface area contributed by atoms with Crippen LogP contribution in [0.3, 0.4) is 0 Å². The van der Waals surface area contributed by atoms with Crippen molar-refractivity contribution in [2.45, 2.75) is 31.4 Å². The van der Waals surface area contributed by atoms with Crippen LogP contribution in [0, 0.1) is 5.41 Å². The lowest BCUT2D eigenvalue weighted by molar-refractivity contribution is -0.134. The van der Waals surface area contributed by atoms with Crippen molar-refractivity contribution in [3.63, 3.8) is 0 Å². The number of carboxylic acids is 1. The van der Waals surface area contributed by atoms with E-state index in [9.17, 15) is 18.3 Å². The first-order chi connectivity index (χ1) is 17.2. The Balaban J connectivity index is 0.00000200. The average molecular weight is 582 g/mol. The number of anilines is 1. The van der Waals surface area contributed by atoms with Crippen LogP contribution >= 0.6 is 24.8 Å². The van der Waals surface area contributed by atoms with Crippen molar-refractivity contribution in [1.29, 1.82) is 5.41 Å². The van der Waals surface area contributed by atoms with E-state index >= 15 is 0 Å². The Kier molecular flexibility index (Phi) is 9.14. The molecule has 0 saturated carbocycles. The van der Waals surface area contributed by atoms with Gasteiger partial charge < -0.3 is 20.9 Å². The van der Waals surface area contributed by atoms with Gasteiger partial charge in [-0.15, -0.1) is 24.8 Å². The second-order valence-electron chi connectivity index (χ2n) is 9.26. The van der Waals surface area contributed by atoms with Crippen LogP contribution in [0.15, 0.2) is 54.6 Å². The van der Waals surface area contributed by atoms with E-state index in [0.717, 1.165) is 47.8 Å². The monoisotopic (exact) mass is 580 g/mol. The number of halogens is 2. The molecule has 38 heavy (non-hydrogen) atoms. The van der Waals surface area contributed by atoms with E-state index in [2.05, 4.69) is 5.32 Å². The standard InChI is InChI=1S/C26H28N4O5S.2ClH/c27-26(28)18-4-2-16-1-3-17(11-19(16)12-18)24-14-20-13-22(35-21-7-9-29-10-8-21)5-6-23(20)30(24)36(33,34)15-25(31)32;;/h1-6,11-13,21,24,29H,7-10,14-15H2,(H3,27,28)(H,31,32);2*1H/t24-;;/m1../s1. The summed E-state index contributed by atoms with van der Waals surface area (Å²) in [6.45, 7) is 1.79. The molecule has 12 heteroatoms. The van der Waals surface area contributed by atoms with Gasteiger partial charge in [0.15, 0.2) is 5.75 Å². The third-order valence-corrected chi connectivity index (χ3v) is 8.40. The SMILES string of the molecule is Cl.Cl.N=C(N)c1ccc2ccc([C@H]3Cc4cc(OC5CCNCC5)ccc4N3S(=O)(=O)CC(=O)O)cc2c1. The molecule has 5 rings (SSSR count). The first-order valence-electron chi connectivity index (χ1n) is 11.8. The second-order valence-corrected chi connectivity index (χ2v) is 11.1. The molecule has 1 saturated heterocycles. The molecule has 0 bridgehead atoms. The molecule has 3 aromatic carbocycles. The van der Waals surface area contributed by atoms with Crippen LogP contribution < -0.4 is 20.1 Å². The van der Waals surface area contributed by atoms with Gasteiger partial charge in [-0.1, -0.05) is 24.3 Å². The predicted molar refractivity (Wildman–Crippen MR) is 153 cm³/mol. The number of rotatable bonds is 7. The third-order valence-electron chi connectivity index (χ3n) is 6.74. The maximum absolute atomic E-state index is 13.3. The minimum absolute atomic E-state index is 0. The molecular weight excluding hydrogens is 551 g/mol. The number of sulfonamides is 1. The van der Waals surface area contributed by atoms with Crippen LogP contribution in [0.1, 0.15) is 35.6 Å². The van der Waals surface area contributed by atoms with E-state index in [0.29, 0.717) is 23.4 Å². The van der Waals surface area contributed by atoms with Gasteiger partial charge >= 0.3 is 5.97 Å². The van der Waals surface area contributed by atoms with Gasteiger partial charge in [0.05, 0.1) is 11.7 Å². The number of nitrogens with one attached hydrogen (secondary N) is 2. The quantitative estimate of drug-likeness (QED) is 0.246. The topological polar surface area (TPSA) is 146 Å². The number of ether oxygens (including phenoxy) is 1. The Hall–Kier alpha value is -3.05. The van der Waals surface area contributed by atoms with Crippen LogP contribution in [-0.4, -0.2) is 50.3 Å². The highest BCUT2D eigenvalue weighted by Gasteiger charge is 2.39. The number of carbonyl (C=O) groups is 1. The summed E-state index contributed by atoms with van der Waals surface area (Å²) in [5.41, 5.74) is 8.22. The van der Waals surface area contributed by atoms with Crippen LogP contribution in [0.4, 0.5) is 5.69 Å². The zero-order valence-corrected chi connectivity index (χ0v) is 22.9. The van der Waals surface area contributed by atoms with Crippen LogP contribution in [0.25, 0.3) is 10.8 Å². The summed E-state index contributed by atoms with van der Waals surface area (Å²) in [6, 6.07) is 15.8. The van der Waals surface area contributed by atoms with Crippen LogP contribution in [0.5, 0.6) is 5.75 Å². The number of piperidine rings is 1. The van der Waals surface area contributed by atoms with Gasteiger partial charge in [-0.2, -0.15) is 0 Å². The highest BCUT2D eigenvalue weighted by atomic mass is 35.5. The van der Waals surface area contributed by atoms with E-state index in [1.807, 2.05) is 30.3 Å². The number of nitrogen functional groups attached to an aromatic ring is 1. The summed E-state index contributed by atoms with van der Waals surface area (Å²) in [6.07, 6.45) is 2.29. The van der Waals surface area contributed by atoms with Gasteiger partial charge in [0.25, 0.3) is 0 Å². The van der Waals surface area contributed by atoms with Gasteiger partial charge in [0.1, 0.15) is 17.7 Å². The molecule has 2 aliphatic rings. The van der Waals surface area contributed by atoms with E-state index in [1.165, 1.54) is 4.31 Å². The van der Waals surface area contributed by atoms with Gasteiger partial charge in [0, 0.05) is 12.0 Å². The number of aliphatic carboxylic acids is 1. The summed E-state index contributed by atoms with van der Waals surface area (Å²) >= 11 is 0. The van der Waals surface area contributed by atoms with Crippen molar-refractivity contribution in [2.24, 2.45) is 5.73 Å². The van der Waals surface area contributed by atoms with Crippen molar-refractivity contribution >= 4 is 63.1 Å². The Bertz CT molecular complexity index is 1460. The number of benzene rings is 3. The van der Waals surface area contributed by atoms with Gasteiger partial charge in [-0.25, -0.2) is 8.42 Å². The van der Waals surface area contributed by atoms with Crippen molar-refractivity contribution < 1.29 is 23.1 Å². The smallest absolute Gasteiger partial charge is 0.320 e. The molecule has 0 aliphatic carbocycles. The highest BCUT2D eigenvalue weighted by Crippen LogP contribution is 2.44. The number of fused-ring (bicyclic) bond motifs is 2. The lowest BCUT2D eigenvalue weighted by Gasteiger charge is -2.27. The lowest BCUT2D eigenvalue weighted by atomic mass is 9.98. The molecule has 204 valence electrons. The fourth-order valence-corrected chi connectivity index (χ4v) is 6.55. The molecular formula is C26H30Cl2N4O5S. The van der Waals surface area contributed by atoms with Crippen molar-refractivity contribution in [1.82, 2.24) is 5.32 Å². The normalized spacial score (nSPS) is 17.3. The highest BCUT2D eigenvalue weighted by molar-refractivity contribution is 7.93. The molecule has 1 fully saturated rings. The number of amidine groups is 1. The van der Waals surface area contributed by atoms with Crippen molar-refractivity contribution in [3.05, 3.63) is 71.3 Å². The summed E-state index contributed by atoms with van der Waals surface area (Å²) in [4.78, 5) is 11.4. The second kappa shape index (κ2) is 11.8. The molecule has 2 heterocycles. The molecule has 9 nitrogen and oxygen atoms in total. The summed E-state index contributed by atoms with van der Waals surface area (Å²) in [7, 11) is -4.15. The van der Waals surface area contributed by atoms with E-state index in [1.54, 1.807) is 24.3 Å². The Morgan fingerprint density at radius 1 is 1.05 bits per heavy atom. The lowest BCUT2D eigenvalue weighted by Crippen LogP contribution is -2.36. The summed E-state index contributed by atoms with van der Waals surface area (Å²) < 4.78 is 33.9. The van der Waals surface area contributed by atoms with Gasteiger partial charge in [-0.05, 0) is 78.2 Å². The first kappa shape index (κ1) is 29.5. The number of hydrogen-bond acceptors (Lipinski definition) is 6. The van der Waals surface area contributed by atoms with Crippen molar-refractivity contribution in [2.75, 3.05) is 23.1 Å². The molecule has 0 unspecified atom stereocenters. The maximum atomic E-state index is 13.3. The first-order valence-corrected chi connectivity index (χ1v) is 13.4. The number of nitrogens with zero attached hydrogens (tertiary/aromatic N) is 1. The predicted octanol–water partition coefficient (Wildman–Crippen LogP) is 3.62. The minimum atomic E-state index is -4.15. The molecule has 0 amide bonds. The van der Waals surface area contributed by atoms with Crippen LogP contribution in [0.2, 0.25) is 0 Å². The molecule has 0 aromatic heterocycles. The zero-order chi connectivity index (χ0) is 25.4. The summed E-state index contributed by atoms with van der Waals surface area (Å²) in [5, 5.41) is 22.1.